The first kappa shape index (κ1) is 33.5. The van der Waals surface area contributed by atoms with Gasteiger partial charge in [0.2, 0.25) is 0 Å². The number of nitrogens with one attached hydrogen (secondary N) is 1. The van der Waals surface area contributed by atoms with Crippen molar-refractivity contribution in [2.45, 2.75) is 38.7 Å². The zero-order valence-corrected chi connectivity index (χ0v) is 25.3. The molecule has 0 saturated heterocycles. The highest BCUT2D eigenvalue weighted by atomic mass is 35.5. The summed E-state index contributed by atoms with van der Waals surface area (Å²) in [5, 5.41) is 25.6. The summed E-state index contributed by atoms with van der Waals surface area (Å²) >= 11 is 5.86. The molecule has 1 aliphatic heterocycles. The van der Waals surface area contributed by atoms with Gasteiger partial charge in [0.1, 0.15) is 30.1 Å². The van der Waals surface area contributed by atoms with E-state index in [0.717, 1.165) is 0 Å². The maximum atomic E-state index is 12.9. The van der Waals surface area contributed by atoms with Gasteiger partial charge in [-0.15, -0.1) is 0 Å². The maximum Gasteiger partial charge on any atom is 0.336 e. The number of halogens is 1. The molecular weight excluding hydrogens is 582 g/mol. The van der Waals surface area contributed by atoms with Crippen molar-refractivity contribution in [3.8, 4) is 11.5 Å². The summed E-state index contributed by atoms with van der Waals surface area (Å²) in [5.74, 6) is -2.46. The molecule has 0 bridgehead atoms. The van der Waals surface area contributed by atoms with Gasteiger partial charge in [-0.2, -0.15) is 0 Å². The Labute approximate surface area is 254 Å². The molecule has 0 amide bonds. The van der Waals surface area contributed by atoms with E-state index in [-0.39, 0.29) is 35.8 Å². The predicted octanol–water partition coefficient (Wildman–Crippen LogP) is 4.23. The van der Waals surface area contributed by atoms with Crippen LogP contribution in [0.5, 0.6) is 11.5 Å². The van der Waals surface area contributed by atoms with E-state index in [1.807, 2.05) is 0 Å². The van der Waals surface area contributed by atoms with Crippen LogP contribution in [-0.4, -0.2) is 74.3 Å². The van der Waals surface area contributed by atoms with Crippen molar-refractivity contribution < 1.29 is 38.6 Å². The molecule has 2 aromatic carbocycles. The van der Waals surface area contributed by atoms with E-state index in [9.17, 15) is 24.8 Å². The molecule has 3 unspecified atom stereocenters. The smallest absolute Gasteiger partial charge is 0.336 e. The number of aliphatic hydroxyl groups excluding tert-OH is 1. The average Bonchev–Trinajstić information content (AvgIpc) is 2.99. The molecule has 0 spiro atoms. The molecule has 0 aromatic heterocycles. The number of ether oxygens (including phenoxy) is 4. The standard InChI is InChI=1S/C30H36ClN3O9/c1-18-26(29(36)40-3)28(27(19(2)33-18)30(37)41-4)24-15-21(34(38)39)9-12-25(24)42-14-6-5-13-32-16-22(35)17-43-23-10-7-20(31)8-11-23/h7-12,15,22,26,28,32,35H,5-6,13-14,16-17H2,1-4H3. The molecule has 0 fully saturated rings. The lowest BCUT2D eigenvalue weighted by atomic mass is 9.75. The van der Waals surface area contributed by atoms with Crippen molar-refractivity contribution in [2.24, 2.45) is 10.9 Å². The number of carbonyl (C=O) groups excluding carboxylic acids is 2. The second kappa shape index (κ2) is 16.0. The van der Waals surface area contributed by atoms with Crippen LogP contribution in [0, 0.1) is 16.0 Å². The van der Waals surface area contributed by atoms with E-state index in [0.29, 0.717) is 48.1 Å². The number of unbranched alkanes of at least 4 members (excludes halogenated alkanes) is 1. The Morgan fingerprint density at radius 3 is 2.47 bits per heavy atom. The number of carbonyl (C=O) groups is 2. The summed E-state index contributed by atoms with van der Waals surface area (Å²) in [6.45, 7) is 4.57. The fourth-order valence-electron chi connectivity index (χ4n) is 4.79. The zero-order valence-electron chi connectivity index (χ0n) is 24.5. The van der Waals surface area contributed by atoms with E-state index in [4.69, 9.17) is 30.5 Å². The molecule has 13 heteroatoms. The molecule has 0 aliphatic carbocycles. The normalized spacial score (nSPS) is 17.1. The molecule has 232 valence electrons. The number of nitro benzene ring substituents is 1. The fourth-order valence-corrected chi connectivity index (χ4v) is 4.92. The summed E-state index contributed by atoms with van der Waals surface area (Å²) in [5.41, 5.74) is 0.873. The molecule has 1 aliphatic rings. The first-order chi connectivity index (χ1) is 20.6. The van der Waals surface area contributed by atoms with Crippen molar-refractivity contribution in [2.75, 3.05) is 40.5 Å². The van der Waals surface area contributed by atoms with Gasteiger partial charge in [-0.25, -0.2) is 4.79 Å². The van der Waals surface area contributed by atoms with E-state index < -0.39 is 34.8 Å². The minimum Gasteiger partial charge on any atom is -0.493 e. The molecule has 0 saturated carbocycles. The summed E-state index contributed by atoms with van der Waals surface area (Å²) in [6.07, 6.45) is 0.616. The van der Waals surface area contributed by atoms with Crippen molar-refractivity contribution in [1.82, 2.24) is 5.32 Å². The van der Waals surface area contributed by atoms with Crippen LogP contribution in [0.3, 0.4) is 0 Å². The van der Waals surface area contributed by atoms with Crippen LogP contribution in [0.4, 0.5) is 5.69 Å². The Kier molecular flexibility index (Phi) is 12.5. The van der Waals surface area contributed by atoms with E-state index in [1.165, 1.54) is 32.4 Å². The number of nitrogens with zero attached hydrogens (tertiary/aromatic N) is 2. The Balaban J connectivity index is 1.65. The predicted molar refractivity (Wildman–Crippen MR) is 160 cm³/mol. The van der Waals surface area contributed by atoms with Crippen LogP contribution >= 0.6 is 11.6 Å². The highest BCUT2D eigenvalue weighted by Gasteiger charge is 2.43. The topological polar surface area (TPSA) is 159 Å². The number of rotatable bonds is 15. The molecule has 2 aromatic rings. The van der Waals surface area contributed by atoms with Crippen LogP contribution in [0.15, 0.2) is 58.7 Å². The SMILES string of the molecule is COC(=O)C1=C(C)N=C(C)C(C(=O)OC)C1c1cc([N+](=O)[O-])ccc1OCCCCNCC(O)COc1ccc(Cl)cc1. The van der Waals surface area contributed by atoms with Crippen molar-refractivity contribution in [3.63, 3.8) is 0 Å². The zero-order chi connectivity index (χ0) is 31.5. The van der Waals surface area contributed by atoms with Gasteiger partial charge < -0.3 is 29.4 Å². The Morgan fingerprint density at radius 1 is 1.09 bits per heavy atom. The first-order valence-corrected chi connectivity index (χ1v) is 14.1. The maximum absolute atomic E-state index is 12.9. The van der Waals surface area contributed by atoms with Gasteiger partial charge in [0.05, 0.1) is 31.3 Å². The number of allylic oxidation sites excluding steroid dienone is 1. The number of non-ortho nitro benzene ring substituents is 1. The minimum atomic E-state index is -1.02. The van der Waals surface area contributed by atoms with Gasteiger partial charge in [0.15, 0.2) is 0 Å². The fraction of sp³-hybridized carbons (Fsp3) is 0.433. The second-order valence-corrected chi connectivity index (χ2v) is 10.3. The minimum absolute atomic E-state index is 0.0941. The number of hydrogen-bond donors (Lipinski definition) is 2. The molecule has 12 nitrogen and oxygen atoms in total. The summed E-state index contributed by atoms with van der Waals surface area (Å²) in [7, 11) is 2.43. The monoisotopic (exact) mass is 617 g/mol. The van der Waals surface area contributed by atoms with Crippen LogP contribution < -0.4 is 14.8 Å². The van der Waals surface area contributed by atoms with E-state index in [2.05, 4.69) is 10.3 Å². The van der Waals surface area contributed by atoms with Gasteiger partial charge >= 0.3 is 11.9 Å². The molecular formula is C30H36ClN3O9. The molecule has 3 atom stereocenters. The highest BCUT2D eigenvalue weighted by Crippen LogP contribution is 2.44. The highest BCUT2D eigenvalue weighted by molar-refractivity contribution is 6.30. The Bertz CT molecular complexity index is 1360. The lowest BCUT2D eigenvalue weighted by Gasteiger charge is -2.31. The van der Waals surface area contributed by atoms with Crippen LogP contribution in [0.1, 0.15) is 38.2 Å². The number of hydrogen-bond acceptors (Lipinski definition) is 11. The van der Waals surface area contributed by atoms with Gasteiger partial charge in [-0.05, 0) is 63.6 Å². The molecule has 43 heavy (non-hydrogen) atoms. The summed E-state index contributed by atoms with van der Waals surface area (Å²) in [6, 6.07) is 10.9. The third-order valence-electron chi connectivity index (χ3n) is 6.87. The summed E-state index contributed by atoms with van der Waals surface area (Å²) in [4.78, 5) is 41.3. The third kappa shape index (κ3) is 8.99. The molecule has 0 radical (unpaired) electrons. The number of methoxy groups -OCH3 is 2. The quantitative estimate of drug-likeness (QED) is 0.128. The van der Waals surface area contributed by atoms with Crippen LogP contribution in [-0.2, 0) is 19.1 Å². The van der Waals surface area contributed by atoms with Crippen LogP contribution in [0.2, 0.25) is 5.02 Å². The lowest BCUT2D eigenvalue weighted by molar-refractivity contribution is -0.385. The Hall–Kier alpha value is -4.00. The number of aliphatic imine (C=N–C) groups is 1. The summed E-state index contributed by atoms with van der Waals surface area (Å²) < 4.78 is 21.6. The van der Waals surface area contributed by atoms with Gasteiger partial charge in [0, 0.05) is 46.6 Å². The number of benzene rings is 2. The number of nitro groups is 1. The van der Waals surface area contributed by atoms with Crippen molar-refractivity contribution in [1.29, 1.82) is 0 Å². The third-order valence-corrected chi connectivity index (χ3v) is 7.12. The lowest BCUT2D eigenvalue weighted by Crippen LogP contribution is -2.36. The van der Waals surface area contributed by atoms with Gasteiger partial charge in [-0.1, -0.05) is 11.6 Å². The van der Waals surface area contributed by atoms with Crippen molar-refractivity contribution >= 4 is 34.9 Å². The van der Waals surface area contributed by atoms with Gasteiger partial charge in [0.25, 0.3) is 5.69 Å². The van der Waals surface area contributed by atoms with E-state index >= 15 is 0 Å². The first-order valence-electron chi connectivity index (χ1n) is 13.7. The van der Waals surface area contributed by atoms with Crippen molar-refractivity contribution in [3.05, 3.63) is 74.4 Å². The average molecular weight is 618 g/mol. The van der Waals surface area contributed by atoms with E-state index in [1.54, 1.807) is 38.1 Å². The Morgan fingerprint density at radius 2 is 1.81 bits per heavy atom. The number of aliphatic hydroxyl groups is 1. The molecule has 2 N–H and O–H groups in total. The molecule has 3 rings (SSSR count). The largest absolute Gasteiger partial charge is 0.493 e. The van der Waals surface area contributed by atoms with Gasteiger partial charge in [-0.3, -0.25) is 19.9 Å². The number of esters is 2. The molecule has 1 heterocycles. The second-order valence-electron chi connectivity index (χ2n) is 9.88. The van der Waals surface area contributed by atoms with Crippen LogP contribution in [0.25, 0.3) is 0 Å².